The van der Waals surface area contributed by atoms with Crippen molar-refractivity contribution in [2.45, 2.75) is 13.3 Å². The minimum absolute atomic E-state index is 0.0111. The average molecular weight is 284 g/mol. The van der Waals surface area contributed by atoms with E-state index in [1.54, 1.807) is 0 Å². The van der Waals surface area contributed by atoms with Gasteiger partial charge in [0.05, 0.1) is 0 Å². The summed E-state index contributed by atoms with van der Waals surface area (Å²) in [7, 11) is 0. The monoisotopic (exact) mass is 284 g/mol. The van der Waals surface area contributed by atoms with Gasteiger partial charge < -0.3 is 5.11 Å². The first kappa shape index (κ1) is 13.5. The number of hydrogen-bond donors (Lipinski definition) is 2. The lowest BCUT2D eigenvalue weighted by atomic mass is 10.1. The van der Waals surface area contributed by atoms with Gasteiger partial charge in [0.2, 0.25) is 11.7 Å². The molecule has 1 amide bonds. The third kappa shape index (κ3) is 3.11. The maximum Gasteiger partial charge on any atom is 0.373 e. The number of amides is 1. The number of carbonyl (C=O) groups is 3. The van der Waals surface area contributed by atoms with E-state index >= 15 is 0 Å². The minimum atomic E-state index is -1.23. The summed E-state index contributed by atoms with van der Waals surface area (Å²) in [6.45, 7) is 1.88. The molecule has 19 heavy (non-hydrogen) atoms. The second-order valence-electron chi connectivity index (χ2n) is 4.17. The predicted octanol–water partition coefficient (Wildman–Crippen LogP) is 0.135. The Kier molecular flexibility index (Phi) is 3.84. The lowest BCUT2D eigenvalue weighted by molar-refractivity contribution is -0.117. The molecule has 2 heterocycles. The highest BCUT2D eigenvalue weighted by molar-refractivity contribution is 8.13. The Bertz CT molecular complexity index is 529. The van der Waals surface area contributed by atoms with Crippen LogP contribution in [0.3, 0.4) is 0 Å². The molecule has 1 saturated heterocycles. The highest BCUT2D eigenvalue weighted by Gasteiger charge is 2.33. The molecule has 1 aliphatic heterocycles. The zero-order valence-electron chi connectivity index (χ0n) is 10.1. The molecule has 0 spiro atoms. The first-order valence-electron chi connectivity index (χ1n) is 5.56. The molecule has 0 bridgehead atoms. The van der Waals surface area contributed by atoms with Gasteiger partial charge in [-0.25, -0.2) is 4.79 Å². The van der Waals surface area contributed by atoms with E-state index in [2.05, 4.69) is 15.2 Å². The van der Waals surface area contributed by atoms with E-state index in [0.29, 0.717) is 18.7 Å². The summed E-state index contributed by atoms with van der Waals surface area (Å²) in [6, 6.07) is 0. The van der Waals surface area contributed by atoms with Crippen molar-refractivity contribution < 1.29 is 19.5 Å². The summed E-state index contributed by atoms with van der Waals surface area (Å²) in [5, 5.41) is 14.7. The largest absolute Gasteiger partial charge is 0.475 e. The van der Waals surface area contributed by atoms with Crippen LogP contribution in [0.15, 0.2) is 0 Å². The fourth-order valence-corrected chi connectivity index (χ4v) is 2.48. The van der Waals surface area contributed by atoms with Crippen molar-refractivity contribution in [2.24, 2.45) is 5.92 Å². The maximum absolute atomic E-state index is 11.8. The van der Waals surface area contributed by atoms with Crippen LogP contribution in [0.1, 0.15) is 24.0 Å². The van der Waals surface area contributed by atoms with Crippen LogP contribution in [-0.2, 0) is 9.59 Å². The molecule has 2 N–H and O–H groups in total. The molecule has 9 heteroatoms. The molecule has 1 aliphatic rings. The van der Waals surface area contributed by atoms with Gasteiger partial charge in [-0.2, -0.15) is 4.98 Å². The summed E-state index contributed by atoms with van der Waals surface area (Å²) in [5.41, 5.74) is 0. The number of thioether (sulfide) groups is 1. The topological polar surface area (TPSA) is 116 Å². The standard InChI is InChI=1S/C10H12N4O4S/c1-5(15)19-4-6-2-7(16)14(3-6)10-11-8(9(17)18)12-13-10/h6H,2-4H2,1H3,(H,17,18)(H,11,12,13). The molecule has 1 fully saturated rings. The number of nitrogens with zero attached hydrogens (tertiary/aromatic N) is 3. The SMILES string of the molecule is CC(=O)SCC1CC(=O)N(c2n[nH]c(C(=O)O)n2)C1. The van der Waals surface area contributed by atoms with Crippen molar-refractivity contribution in [2.75, 3.05) is 17.2 Å². The van der Waals surface area contributed by atoms with Crippen molar-refractivity contribution in [1.82, 2.24) is 15.2 Å². The third-order valence-electron chi connectivity index (χ3n) is 2.65. The number of carbonyl (C=O) groups excluding carboxylic acids is 2. The van der Waals surface area contributed by atoms with Crippen LogP contribution in [0.25, 0.3) is 0 Å². The molecule has 1 unspecified atom stereocenters. The van der Waals surface area contributed by atoms with E-state index in [1.165, 1.54) is 23.6 Å². The van der Waals surface area contributed by atoms with E-state index in [1.807, 2.05) is 0 Å². The molecule has 0 aliphatic carbocycles. The fourth-order valence-electron chi connectivity index (χ4n) is 1.79. The Morgan fingerprint density at radius 2 is 2.32 bits per heavy atom. The first-order chi connectivity index (χ1) is 8.97. The van der Waals surface area contributed by atoms with Crippen molar-refractivity contribution in [1.29, 1.82) is 0 Å². The molecule has 102 valence electrons. The molecule has 8 nitrogen and oxygen atoms in total. The highest BCUT2D eigenvalue weighted by atomic mass is 32.2. The Morgan fingerprint density at radius 1 is 1.58 bits per heavy atom. The number of nitrogens with one attached hydrogen (secondary N) is 1. The second-order valence-corrected chi connectivity index (χ2v) is 5.36. The quantitative estimate of drug-likeness (QED) is 0.807. The Morgan fingerprint density at radius 3 is 2.89 bits per heavy atom. The summed E-state index contributed by atoms with van der Waals surface area (Å²) in [6.07, 6.45) is 0.317. The molecule has 0 radical (unpaired) electrons. The second kappa shape index (κ2) is 5.39. The number of aromatic amines is 1. The molecule has 1 aromatic rings. The van der Waals surface area contributed by atoms with Crippen LogP contribution in [0.5, 0.6) is 0 Å². The van der Waals surface area contributed by atoms with Crippen molar-refractivity contribution in [3.63, 3.8) is 0 Å². The fraction of sp³-hybridized carbons (Fsp3) is 0.500. The molecule has 0 saturated carbocycles. The van der Waals surface area contributed by atoms with E-state index in [4.69, 9.17) is 5.11 Å². The number of H-pyrrole nitrogens is 1. The summed E-state index contributed by atoms with van der Waals surface area (Å²) < 4.78 is 0. The van der Waals surface area contributed by atoms with Crippen molar-refractivity contribution >= 4 is 34.7 Å². The smallest absolute Gasteiger partial charge is 0.373 e. The Balaban J connectivity index is 2.02. The molecule has 1 atom stereocenters. The predicted molar refractivity (Wildman–Crippen MR) is 66.9 cm³/mol. The number of carboxylic acid groups (broad SMARTS) is 1. The molecule has 2 rings (SSSR count). The van der Waals surface area contributed by atoms with Gasteiger partial charge in [-0.1, -0.05) is 11.8 Å². The molecular weight excluding hydrogens is 272 g/mol. The van der Waals surface area contributed by atoms with Gasteiger partial charge in [0, 0.05) is 25.6 Å². The van der Waals surface area contributed by atoms with Gasteiger partial charge in [-0.05, 0) is 5.92 Å². The van der Waals surface area contributed by atoms with Gasteiger partial charge in [0.1, 0.15) is 0 Å². The number of aromatic carboxylic acids is 1. The zero-order valence-corrected chi connectivity index (χ0v) is 10.9. The first-order valence-corrected chi connectivity index (χ1v) is 6.55. The van der Waals surface area contributed by atoms with E-state index < -0.39 is 5.97 Å². The van der Waals surface area contributed by atoms with Gasteiger partial charge in [0.25, 0.3) is 5.95 Å². The average Bonchev–Trinajstić information content (AvgIpc) is 2.92. The Hall–Kier alpha value is -1.90. The summed E-state index contributed by atoms with van der Waals surface area (Å²) >= 11 is 1.18. The van der Waals surface area contributed by atoms with E-state index in [0.717, 1.165) is 0 Å². The molecule has 0 aromatic carbocycles. The Labute approximate surface area is 112 Å². The van der Waals surface area contributed by atoms with Gasteiger partial charge in [-0.15, -0.1) is 5.10 Å². The van der Waals surface area contributed by atoms with Crippen LogP contribution < -0.4 is 4.90 Å². The normalized spacial score (nSPS) is 18.9. The zero-order chi connectivity index (χ0) is 14.0. The maximum atomic E-state index is 11.8. The van der Waals surface area contributed by atoms with Gasteiger partial charge in [0.15, 0.2) is 5.12 Å². The van der Waals surface area contributed by atoms with E-state index in [9.17, 15) is 14.4 Å². The van der Waals surface area contributed by atoms with Crippen LogP contribution in [0.2, 0.25) is 0 Å². The third-order valence-corrected chi connectivity index (χ3v) is 3.69. The number of rotatable bonds is 4. The van der Waals surface area contributed by atoms with Crippen LogP contribution in [-0.4, -0.2) is 49.6 Å². The summed E-state index contributed by atoms with van der Waals surface area (Å²) in [4.78, 5) is 38.4. The van der Waals surface area contributed by atoms with E-state index in [-0.39, 0.29) is 28.7 Å². The minimum Gasteiger partial charge on any atom is -0.475 e. The molecular formula is C10H12N4O4S. The lowest BCUT2D eigenvalue weighted by Crippen LogP contribution is -2.26. The number of hydrogen-bond acceptors (Lipinski definition) is 6. The number of carboxylic acids is 1. The highest BCUT2D eigenvalue weighted by Crippen LogP contribution is 2.25. The number of aromatic nitrogens is 3. The van der Waals surface area contributed by atoms with Crippen molar-refractivity contribution in [3.05, 3.63) is 5.82 Å². The number of anilines is 1. The lowest BCUT2D eigenvalue weighted by Gasteiger charge is -2.11. The van der Waals surface area contributed by atoms with Gasteiger partial charge in [-0.3, -0.25) is 19.6 Å². The van der Waals surface area contributed by atoms with Crippen LogP contribution in [0.4, 0.5) is 5.95 Å². The van der Waals surface area contributed by atoms with Crippen LogP contribution in [0, 0.1) is 5.92 Å². The van der Waals surface area contributed by atoms with Gasteiger partial charge >= 0.3 is 5.97 Å². The molecule has 1 aromatic heterocycles. The van der Waals surface area contributed by atoms with Crippen molar-refractivity contribution in [3.8, 4) is 0 Å². The summed E-state index contributed by atoms with van der Waals surface area (Å²) in [5.74, 6) is -1.01. The van der Waals surface area contributed by atoms with Crippen LogP contribution >= 0.6 is 11.8 Å².